The molecule has 0 fully saturated rings. The van der Waals surface area contributed by atoms with Crippen LogP contribution in [0.25, 0.3) is 0 Å². The second-order valence-electron chi connectivity index (χ2n) is 2.74. The van der Waals surface area contributed by atoms with Crippen LogP contribution in [0.1, 0.15) is 25.5 Å². The minimum atomic E-state index is -0.323. The van der Waals surface area contributed by atoms with Crippen LogP contribution in [0.4, 0.5) is 4.39 Å². The van der Waals surface area contributed by atoms with Crippen molar-refractivity contribution in [3.05, 3.63) is 17.7 Å². The highest BCUT2D eigenvalue weighted by Crippen LogP contribution is 2.27. The SMILES string of the molecule is COc1c(F)c[nH]c1C(C)C. The molecule has 0 spiro atoms. The number of H-pyrrole nitrogens is 1. The number of hydrogen-bond acceptors (Lipinski definition) is 1. The maximum Gasteiger partial charge on any atom is 0.182 e. The molecule has 1 heterocycles. The topological polar surface area (TPSA) is 25.0 Å². The lowest BCUT2D eigenvalue weighted by atomic mass is 10.1. The zero-order valence-corrected chi connectivity index (χ0v) is 6.94. The van der Waals surface area contributed by atoms with Gasteiger partial charge in [0.1, 0.15) is 0 Å². The zero-order valence-electron chi connectivity index (χ0n) is 6.94. The van der Waals surface area contributed by atoms with Crippen LogP contribution >= 0.6 is 0 Å². The monoisotopic (exact) mass is 157 g/mol. The molecule has 1 rings (SSSR count). The van der Waals surface area contributed by atoms with E-state index in [0.29, 0.717) is 5.75 Å². The van der Waals surface area contributed by atoms with Crippen LogP contribution in [0, 0.1) is 5.82 Å². The highest BCUT2D eigenvalue weighted by molar-refractivity contribution is 5.31. The first kappa shape index (κ1) is 8.11. The van der Waals surface area contributed by atoms with E-state index in [4.69, 9.17) is 4.74 Å². The highest BCUT2D eigenvalue weighted by Gasteiger charge is 2.13. The third kappa shape index (κ3) is 1.37. The van der Waals surface area contributed by atoms with Gasteiger partial charge in [0.05, 0.1) is 12.8 Å². The van der Waals surface area contributed by atoms with Gasteiger partial charge in [0.15, 0.2) is 11.6 Å². The Morgan fingerprint density at radius 2 is 2.18 bits per heavy atom. The lowest BCUT2D eigenvalue weighted by Gasteiger charge is -2.04. The summed E-state index contributed by atoms with van der Waals surface area (Å²) in [4.78, 5) is 2.82. The van der Waals surface area contributed by atoms with Crippen LogP contribution < -0.4 is 4.74 Å². The Kier molecular flexibility index (Phi) is 2.17. The van der Waals surface area contributed by atoms with Crippen molar-refractivity contribution in [1.82, 2.24) is 4.98 Å². The maximum atomic E-state index is 12.8. The number of methoxy groups -OCH3 is 1. The molecular weight excluding hydrogens is 145 g/mol. The van der Waals surface area contributed by atoms with Crippen molar-refractivity contribution >= 4 is 0 Å². The molecule has 11 heavy (non-hydrogen) atoms. The quantitative estimate of drug-likeness (QED) is 0.700. The Balaban J connectivity index is 3.05. The molecule has 0 unspecified atom stereocenters. The Bertz CT molecular complexity index is 242. The predicted molar refractivity (Wildman–Crippen MR) is 41.4 cm³/mol. The third-order valence-corrected chi connectivity index (χ3v) is 1.60. The van der Waals surface area contributed by atoms with E-state index in [2.05, 4.69) is 4.98 Å². The average Bonchev–Trinajstić information content (AvgIpc) is 2.30. The molecule has 0 aliphatic rings. The van der Waals surface area contributed by atoms with Gasteiger partial charge in [-0.25, -0.2) is 4.39 Å². The molecule has 0 amide bonds. The van der Waals surface area contributed by atoms with Crippen molar-refractivity contribution in [3.8, 4) is 5.75 Å². The number of nitrogens with one attached hydrogen (secondary N) is 1. The Labute approximate surface area is 65.4 Å². The van der Waals surface area contributed by atoms with Crippen molar-refractivity contribution in [1.29, 1.82) is 0 Å². The summed E-state index contributed by atoms with van der Waals surface area (Å²) in [5, 5.41) is 0. The van der Waals surface area contributed by atoms with Gasteiger partial charge in [0, 0.05) is 6.20 Å². The smallest absolute Gasteiger partial charge is 0.182 e. The van der Waals surface area contributed by atoms with Crippen LogP contribution in [-0.2, 0) is 0 Å². The summed E-state index contributed by atoms with van der Waals surface area (Å²) in [7, 11) is 1.47. The lowest BCUT2D eigenvalue weighted by Crippen LogP contribution is -1.92. The fourth-order valence-electron chi connectivity index (χ4n) is 1.04. The normalized spacial score (nSPS) is 10.6. The largest absolute Gasteiger partial charge is 0.492 e. The summed E-state index contributed by atoms with van der Waals surface area (Å²) in [5.41, 5.74) is 0.810. The van der Waals surface area contributed by atoms with Gasteiger partial charge in [-0.15, -0.1) is 0 Å². The molecule has 0 saturated carbocycles. The highest BCUT2D eigenvalue weighted by atomic mass is 19.1. The minimum absolute atomic E-state index is 0.259. The average molecular weight is 157 g/mol. The van der Waals surface area contributed by atoms with E-state index in [-0.39, 0.29) is 11.7 Å². The molecule has 0 saturated heterocycles. The molecule has 62 valence electrons. The van der Waals surface area contributed by atoms with Gasteiger partial charge < -0.3 is 9.72 Å². The van der Waals surface area contributed by atoms with E-state index in [1.165, 1.54) is 13.3 Å². The van der Waals surface area contributed by atoms with Crippen LogP contribution in [0.15, 0.2) is 6.20 Å². The second-order valence-corrected chi connectivity index (χ2v) is 2.74. The third-order valence-electron chi connectivity index (χ3n) is 1.60. The summed E-state index contributed by atoms with van der Waals surface area (Å²) < 4.78 is 17.7. The minimum Gasteiger partial charge on any atom is -0.492 e. The van der Waals surface area contributed by atoms with Crippen molar-refractivity contribution in [2.75, 3.05) is 7.11 Å². The molecule has 3 heteroatoms. The summed E-state index contributed by atoms with van der Waals surface area (Å²) in [6.45, 7) is 3.96. The van der Waals surface area contributed by atoms with Crippen LogP contribution in [-0.4, -0.2) is 12.1 Å². The van der Waals surface area contributed by atoms with Crippen LogP contribution in [0.2, 0.25) is 0 Å². The summed E-state index contributed by atoms with van der Waals surface area (Å²) in [5.74, 6) is 0.269. The van der Waals surface area contributed by atoms with Crippen molar-refractivity contribution in [3.63, 3.8) is 0 Å². The number of ether oxygens (including phenoxy) is 1. The van der Waals surface area contributed by atoms with Gasteiger partial charge in [0.25, 0.3) is 0 Å². The maximum absolute atomic E-state index is 12.8. The second kappa shape index (κ2) is 2.95. The number of halogens is 1. The Hall–Kier alpha value is -0.990. The van der Waals surface area contributed by atoms with E-state index in [9.17, 15) is 4.39 Å². The molecular formula is C8H12FNO. The van der Waals surface area contributed by atoms with E-state index in [1.807, 2.05) is 13.8 Å². The number of aromatic amines is 1. The molecule has 1 aromatic heterocycles. The lowest BCUT2D eigenvalue weighted by molar-refractivity contribution is 0.383. The fourth-order valence-corrected chi connectivity index (χ4v) is 1.04. The predicted octanol–water partition coefficient (Wildman–Crippen LogP) is 2.29. The molecule has 0 radical (unpaired) electrons. The molecule has 0 atom stereocenters. The van der Waals surface area contributed by atoms with Crippen LogP contribution in [0.3, 0.4) is 0 Å². The van der Waals surface area contributed by atoms with E-state index in [1.54, 1.807) is 0 Å². The molecule has 2 nitrogen and oxygen atoms in total. The molecule has 0 aliphatic carbocycles. The Morgan fingerprint density at radius 3 is 2.55 bits per heavy atom. The van der Waals surface area contributed by atoms with Gasteiger partial charge in [-0.3, -0.25) is 0 Å². The van der Waals surface area contributed by atoms with E-state index in [0.717, 1.165) is 5.69 Å². The van der Waals surface area contributed by atoms with Gasteiger partial charge in [-0.05, 0) is 5.92 Å². The first-order valence-electron chi connectivity index (χ1n) is 3.57. The summed E-state index contributed by atoms with van der Waals surface area (Å²) in [6, 6.07) is 0. The molecule has 0 aromatic carbocycles. The number of rotatable bonds is 2. The van der Waals surface area contributed by atoms with E-state index < -0.39 is 0 Å². The van der Waals surface area contributed by atoms with E-state index >= 15 is 0 Å². The standard InChI is InChI=1S/C8H12FNO/c1-5(2)7-8(11-3)6(9)4-10-7/h4-5,10H,1-3H3. The van der Waals surface area contributed by atoms with Crippen molar-refractivity contribution in [2.45, 2.75) is 19.8 Å². The number of hydrogen-bond donors (Lipinski definition) is 1. The first-order valence-corrected chi connectivity index (χ1v) is 3.57. The first-order chi connectivity index (χ1) is 5.16. The molecule has 1 aromatic rings. The van der Waals surface area contributed by atoms with Crippen molar-refractivity contribution < 1.29 is 9.13 Å². The van der Waals surface area contributed by atoms with Gasteiger partial charge in [0.2, 0.25) is 0 Å². The fraction of sp³-hybridized carbons (Fsp3) is 0.500. The zero-order chi connectivity index (χ0) is 8.43. The summed E-state index contributed by atoms with van der Waals surface area (Å²) in [6.07, 6.45) is 1.31. The molecule has 0 bridgehead atoms. The molecule has 0 aliphatic heterocycles. The number of aromatic nitrogens is 1. The van der Waals surface area contributed by atoms with Crippen LogP contribution in [0.5, 0.6) is 5.75 Å². The van der Waals surface area contributed by atoms with Crippen molar-refractivity contribution in [2.24, 2.45) is 0 Å². The molecule has 1 N–H and O–H groups in total. The Morgan fingerprint density at radius 1 is 1.55 bits per heavy atom. The van der Waals surface area contributed by atoms with Gasteiger partial charge in [-0.1, -0.05) is 13.8 Å². The van der Waals surface area contributed by atoms with Gasteiger partial charge in [-0.2, -0.15) is 0 Å². The van der Waals surface area contributed by atoms with Gasteiger partial charge >= 0.3 is 0 Å². The summed E-state index contributed by atoms with van der Waals surface area (Å²) >= 11 is 0.